The van der Waals surface area contributed by atoms with E-state index in [-0.39, 0.29) is 17.6 Å². The number of para-hydroxylation sites is 1. The van der Waals surface area contributed by atoms with Crippen molar-refractivity contribution in [1.29, 1.82) is 5.26 Å². The van der Waals surface area contributed by atoms with Crippen molar-refractivity contribution in [1.82, 2.24) is 0 Å². The van der Waals surface area contributed by atoms with Gasteiger partial charge in [0.1, 0.15) is 5.75 Å². The van der Waals surface area contributed by atoms with Gasteiger partial charge >= 0.3 is 0 Å². The molecule has 2 rings (SSSR count). The van der Waals surface area contributed by atoms with E-state index in [0.717, 1.165) is 5.56 Å². The van der Waals surface area contributed by atoms with Crippen molar-refractivity contribution in [2.75, 3.05) is 0 Å². The highest BCUT2D eigenvalue weighted by Crippen LogP contribution is 2.30. The quantitative estimate of drug-likeness (QED) is 0.792. The summed E-state index contributed by atoms with van der Waals surface area (Å²) in [5, 5.41) is 9.22. The van der Waals surface area contributed by atoms with E-state index in [2.05, 4.69) is 6.07 Å². The van der Waals surface area contributed by atoms with E-state index in [1.165, 1.54) is 6.07 Å². The van der Waals surface area contributed by atoms with E-state index in [1.807, 2.05) is 32.0 Å². The lowest BCUT2D eigenvalue weighted by atomic mass is 9.90. The molecule has 0 saturated heterocycles. The van der Waals surface area contributed by atoms with Gasteiger partial charge in [-0.15, -0.1) is 0 Å². The molecule has 20 heavy (non-hydrogen) atoms. The molecular weight excluding hydrogens is 253 g/mol. The molecule has 0 aliphatic heterocycles. The van der Waals surface area contributed by atoms with Gasteiger partial charge in [0.2, 0.25) is 0 Å². The molecular formula is C17H16FNO. The van der Waals surface area contributed by atoms with Crippen molar-refractivity contribution in [3.63, 3.8) is 0 Å². The zero-order valence-corrected chi connectivity index (χ0v) is 11.5. The molecule has 0 aliphatic rings. The molecule has 3 heteroatoms. The molecule has 0 aliphatic carbocycles. The molecule has 0 aromatic heterocycles. The van der Waals surface area contributed by atoms with Crippen LogP contribution in [0.4, 0.5) is 4.39 Å². The van der Waals surface area contributed by atoms with Crippen LogP contribution in [-0.2, 0) is 0 Å². The number of halogens is 1. The maximum Gasteiger partial charge on any atom is 0.165 e. The average Bonchev–Trinajstić information content (AvgIpc) is 2.44. The zero-order chi connectivity index (χ0) is 14.5. The number of ether oxygens (including phenoxy) is 1. The summed E-state index contributed by atoms with van der Waals surface area (Å²) in [6.45, 7) is 3.93. The first-order valence-corrected chi connectivity index (χ1v) is 6.53. The Hall–Kier alpha value is -2.34. The highest BCUT2D eigenvalue weighted by atomic mass is 19.1. The van der Waals surface area contributed by atoms with Gasteiger partial charge in [0, 0.05) is 0 Å². The standard InChI is InChI=1S/C17H16FNO/c1-12(2)15(11-19)13-8-9-16(18)17(10-13)20-14-6-4-3-5-7-14/h3-10,12,15H,1-2H3/t15-/m1/s1. The minimum atomic E-state index is -0.432. The lowest BCUT2D eigenvalue weighted by molar-refractivity contribution is 0.440. The van der Waals surface area contributed by atoms with Gasteiger partial charge in [-0.3, -0.25) is 0 Å². The van der Waals surface area contributed by atoms with Gasteiger partial charge in [0.25, 0.3) is 0 Å². The molecule has 0 fully saturated rings. The molecule has 2 nitrogen and oxygen atoms in total. The molecule has 0 unspecified atom stereocenters. The third-order valence-electron chi connectivity index (χ3n) is 3.09. The molecule has 0 spiro atoms. The molecule has 0 N–H and O–H groups in total. The van der Waals surface area contributed by atoms with Gasteiger partial charge in [0.05, 0.1) is 12.0 Å². The number of hydrogen-bond donors (Lipinski definition) is 0. The Morgan fingerprint density at radius 2 is 1.80 bits per heavy atom. The summed E-state index contributed by atoms with van der Waals surface area (Å²) in [4.78, 5) is 0. The van der Waals surface area contributed by atoms with Crippen LogP contribution in [0.2, 0.25) is 0 Å². The molecule has 0 amide bonds. The van der Waals surface area contributed by atoms with Crippen molar-refractivity contribution >= 4 is 0 Å². The molecule has 2 aromatic carbocycles. The van der Waals surface area contributed by atoms with Gasteiger partial charge in [-0.1, -0.05) is 38.1 Å². The molecule has 0 heterocycles. The molecule has 0 bridgehead atoms. The fraction of sp³-hybridized carbons (Fsp3) is 0.235. The van der Waals surface area contributed by atoms with Crippen LogP contribution in [0.15, 0.2) is 48.5 Å². The summed E-state index contributed by atoms with van der Waals surface area (Å²) in [5.74, 6) is 0.179. The summed E-state index contributed by atoms with van der Waals surface area (Å²) in [5.41, 5.74) is 0.773. The normalized spacial score (nSPS) is 11.9. The summed E-state index contributed by atoms with van der Waals surface area (Å²) in [7, 11) is 0. The highest BCUT2D eigenvalue weighted by molar-refractivity contribution is 5.38. The molecule has 0 radical (unpaired) electrons. The van der Waals surface area contributed by atoms with Gasteiger partial charge in [-0.05, 0) is 35.7 Å². The SMILES string of the molecule is CC(C)[C@@H](C#N)c1ccc(F)c(Oc2ccccc2)c1. The zero-order valence-electron chi connectivity index (χ0n) is 11.5. The van der Waals surface area contributed by atoms with Gasteiger partial charge in [-0.2, -0.15) is 5.26 Å². The Bertz CT molecular complexity index is 617. The second kappa shape index (κ2) is 6.21. The number of benzene rings is 2. The van der Waals surface area contributed by atoms with Crippen molar-refractivity contribution in [2.45, 2.75) is 19.8 Å². The van der Waals surface area contributed by atoms with E-state index in [4.69, 9.17) is 4.74 Å². The smallest absolute Gasteiger partial charge is 0.165 e. The van der Waals surface area contributed by atoms with Gasteiger partial charge < -0.3 is 4.74 Å². The average molecular weight is 269 g/mol. The lowest BCUT2D eigenvalue weighted by Gasteiger charge is -2.15. The number of nitriles is 1. The third kappa shape index (κ3) is 3.16. The fourth-order valence-corrected chi connectivity index (χ4v) is 2.02. The predicted molar refractivity (Wildman–Crippen MR) is 76.1 cm³/mol. The topological polar surface area (TPSA) is 33.0 Å². The van der Waals surface area contributed by atoms with Crippen LogP contribution >= 0.6 is 0 Å². The Morgan fingerprint density at radius 1 is 1.10 bits per heavy atom. The van der Waals surface area contributed by atoms with Crippen molar-refractivity contribution in [2.24, 2.45) is 5.92 Å². The van der Waals surface area contributed by atoms with E-state index in [1.54, 1.807) is 24.3 Å². The van der Waals surface area contributed by atoms with Crippen molar-refractivity contribution < 1.29 is 9.13 Å². The summed E-state index contributed by atoms with van der Waals surface area (Å²) >= 11 is 0. The summed E-state index contributed by atoms with van der Waals surface area (Å²) in [6.07, 6.45) is 0. The van der Waals surface area contributed by atoms with Crippen LogP contribution in [-0.4, -0.2) is 0 Å². The molecule has 2 aromatic rings. The monoisotopic (exact) mass is 269 g/mol. The maximum absolute atomic E-state index is 13.8. The number of nitrogens with zero attached hydrogens (tertiary/aromatic N) is 1. The van der Waals surface area contributed by atoms with Crippen LogP contribution in [0.3, 0.4) is 0 Å². The Balaban J connectivity index is 2.32. The summed E-state index contributed by atoms with van der Waals surface area (Å²) < 4.78 is 19.4. The number of rotatable bonds is 4. The first-order chi connectivity index (χ1) is 9.61. The van der Waals surface area contributed by atoms with Gasteiger partial charge in [0.15, 0.2) is 11.6 Å². The van der Waals surface area contributed by atoms with Crippen LogP contribution in [0, 0.1) is 23.1 Å². The first-order valence-electron chi connectivity index (χ1n) is 6.53. The van der Waals surface area contributed by atoms with E-state index >= 15 is 0 Å². The summed E-state index contributed by atoms with van der Waals surface area (Å²) in [6, 6.07) is 15.9. The van der Waals surface area contributed by atoms with Crippen LogP contribution in [0.1, 0.15) is 25.3 Å². The third-order valence-corrected chi connectivity index (χ3v) is 3.09. The van der Waals surface area contributed by atoms with E-state index in [9.17, 15) is 9.65 Å². The fourth-order valence-electron chi connectivity index (χ4n) is 2.02. The van der Waals surface area contributed by atoms with Crippen molar-refractivity contribution in [3.8, 4) is 17.6 Å². The van der Waals surface area contributed by atoms with Crippen LogP contribution in [0.25, 0.3) is 0 Å². The van der Waals surface area contributed by atoms with Crippen LogP contribution < -0.4 is 4.74 Å². The first kappa shape index (κ1) is 14.1. The van der Waals surface area contributed by atoms with Crippen molar-refractivity contribution in [3.05, 3.63) is 59.9 Å². The molecule has 102 valence electrons. The minimum absolute atomic E-state index is 0.148. The minimum Gasteiger partial charge on any atom is -0.454 e. The second-order valence-corrected chi connectivity index (χ2v) is 4.96. The second-order valence-electron chi connectivity index (χ2n) is 4.96. The molecule has 0 saturated carbocycles. The highest BCUT2D eigenvalue weighted by Gasteiger charge is 2.17. The maximum atomic E-state index is 13.8. The van der Waals surface area contributed by atoms with Crippen LogP contribution in [0.5, 0.6) is 11.5 Å². The lowest BCUT2D eigenvalue weighted by Crippen LogP contribution is -2.04. The largest absolute Gasteiger partial charge is 0.454 e. The Labute approximate surface area is 118 Å². The Morgan fingerprint density at radius 3 is 2.40 bits per heavy atom. The predicted octanol–water partition coefficient (Wildman–Crippen LogP) is 4.88. The Kier molecular flexibility index (Phi) is 4.37. The van der Waals surface area contributed by atoms with E-state index in [0.29, 0.717) is 5.75 Å². The van der Waals surface area contributed by atoms with Gasteiger partial charge in [-0.25, -0.2) is 4.39 Å². The molecule has 1 atom stereocenters. The number of hydrogen-bond acceptors (Lipinski definition) is 2. The van der Waals surface area contributed by atoms with E-state index < -0.39 is 5.82 Å².